The van der Waals surface area contributed by atoms with Crippen LogP contribution in [0.4, 0.5) is 5.69 Å². The second kappa shape index (κ2) is 9.98. The summed E-state index contributed by atoms with van der Waals surface area (Å²) in [5, 5.41) is 6.47. The molecule has 1 aliphatic carbocycles. The van der Waals surface area contributed by atoms with E-state index in [9.17, 15) is 4.79 Å². The van der Waals surface area contributed by atoms with E-state index >= 15 is 0 Å². The Hall–Kier alpha value is -2.55. The number of hydrogen-bond acceptors (Lipinski definition) is 7. The largest absolute Gasteiger partial charge is 0.384 e. The zero-order chi connectivity index (χ0) is 23.7. The highest BCUT2D eigenvalue weighted by molar-refractivity contribution is 6.29. The molecule has 0 N–H and O–H groups in total. The van der Waals surface area contributed by atoms with Gasteiger partial charge in [0.1, 0.15) is 17.5 Å². The minimum Gasteiger partial charge on any atom is -0.384 e. The number of ketones is 1. The van der Waals surface area contributed by atoms with Crippen LogP contribution in [0.2, 0.25) is 5.15 Å². The normalized spacial score (nSPS) is 17.3. The minimum absolute atomic E-state index is 0.0153. The molecule has 180 valence electrons. The highest BCUT2D eigenvalue weighted by Crippen LogP contribution is 2.43. The average Bonchev–Trinajstić information content (AvgIpc) is 3.17. The molecule has 2 fully saturated rings. The maximum Gasteiger partial charge on any atom is 0.206 e. The number of Topliss-reactive ketones (excluding diaryl/α,β-unsaturated/α-hetero) is 1. The Bertz CT molecular complexity index is 1180. The summed E-state index contributed by atoms with van der Waals surface area (Å²) in [4.78, 5) is 24.2. The van der Waals surface area contributed by atoms with Crippen LogP contribution < -0.4 is 4.90 Å². The lowest BCUT2D eigenvalue weighted by atomic mass is 9.81. The summed E-state index contributed by atoms with van der Waals surface area (Å²) in [6, 6.07) is 5.58. The Morgan fingerprint density at radius 1 is 1.15 bits per heavy atom. The second-order valence-corrected chi connectivity index (χ2v) is 9.62. The molecule has 2 aliphatic rings. The van der Waals surface area contributed by atoms with Gasteiger partial charge in [0.2, 0.25) is 5.78 Å². The zero-order valence-electron chi connectivity index (χ0n) is 19.7. The molecule has 9 heteroatoms. The van der Waals surface area contributed by atoms with Crippen molar-refractivity contribution in [1.82, 2.24) is 19.7 Å². The quantitative estimate of drug-likeness (QED) is 0.346. The molecule has 0 spiro atoms. The van der Waals surface area contributed by atoms with Crippen molar-refractivity contribution in [1.29, 1.82) is 0 Å². The Labute approximate surface area is 204 Å². The maximum atomic E-state index is 12.9. The molecule has 0 atom stereocenters. The van der Waals surface area contributed by atoms with Gasteiger partial charge in [0.05, 0.1) is 22.5 Å². The number of carbonyl (C=O) groups is 1. The maximum absolute atomic E-state index is 12.9. The van der Waals surface area contributed by atoms with Gasteiger partial charge in [0, 0.05) is 52.1 Å². The van der Waals surface area contributed by atoms with Crippen LogP contribution in [-0.2, 0) is 9.47 Å². The smallest absolute Gasteiger partial charge is 0.206 e. The highest BCUT2D eigenvalue weighted by atomic mass is 35.5. The van der Waals surface area contributed by atoms with E-state index in [0.717, 1.165) is 67.8 Å². The molecule has 3 aromatic rings. The van der Waals surface area contributed by atoms with E-state index in [-0.39, 0.29) is 12.4 Å². The van der Waals surface area contributed by atoms with Gasteiger partial charge in [-0.1, -0.05) is 18.0 Å². The van der Waals surface area contributed by atoms with Crippen LogP contribution in [0.3, 0.4) is 0 Å². The first-order valence-electron chi connectivity index (χ1n) is 11.9. The number of nitrogens with zero attached hydrogens (tertiary/aromatic N) is 5. The molecule has 34 heavy (non-hydrogen) atoms. The summed E-state index contributed by atoms with van der Waals surface area (Å²) >= 11 is 6.21. The molecule has 0 aromatic carbocycles. The number of fused-ring (bicyclic) bond motifs is 1. The number of ether oxygens (including phenoxy) is 2. The van der Waals surface area contributed by atoms with E-state index in [2.05, 4.69) is 9.88 Å². The van der Waals surface area contributed by atoms with Crippen molar-refractivity contribution in [3.63, 3.8) is 0 Å². The molecule has 0 radical (unpaired) electrons. The van der Waals surface area contributed by atoms with Crippen molar-refractivity contribution in [3.05, 3.63) is 40.9 Å². The fraction of sp³-hybridized carbons (Fsp3) is 0.520. The molecule has 0 bridgehead atoms. The van der Waals surface area contributed by atoms with Gasteiger partial charge in [-0.2, -0.15) is 5.10 Å². The fourth-order valence-electron chi connectivity index (χ4n) is 4.97. The number of halogens is 1. The Morgan fingerprint density at radius 3 is 2.59 bits per heavy atom. The van der Waals surface area contributed by atoms with E-state index in [1.165, 1.54) is 13.5 Å². The van der Waals surface area contributed by atoms with Crippen LogP contribution in [0.1, 0.15) is 54.2 Å². The lowest BCUT2D eigenvalue weighted by molar-refractivity contribution is 0.0843. The molecule has 0 amide bonds. The molecule has 1 saturated heterocycles. The van der Waals surface area contributed by atoms with E-state index in [1.54, 1.807) is 19.4 Å². The van der Waals surface area contributed by atoms with Crippen LogP contribution in [0, 0.1) is 5.92 Å². The SMILES string of the molecule is COCC(=O)c1cc(N2CCC(COC)CC2)c2c(C3CCC3)nn(-c3ccnc(Cl)c3)c2n1. The van der Waals surface area contributed by atoms with Gasteiger partial charge in [-0.15, -0.1) is 0 Å². The Kier molecular flexibility index (Phi) is 6.81. The monoisotopic (exact) mass is 483 g/mol. The summed E-state index contributed by atoms with van der Waals surface area (Å²) in [6.45, 7) is 2.58. The van der Waals surface area contributed by atoms with Gasteiger partial charge < -0.3 is 14.4 Å². The lowest BCUT2D eigenvalue weighted by Gasteiger charge is -2.34. The average molecular weight is 484 g/mol. The molecule has 4 heterocycles. The predicted molar refractivity (Wildman–Crippen MR) is 131 cm³/mol. The number of aromatic nitrogens is 4. The van der Waals surface area contributed by atoms with Crippen LogP contribution in [0.15, 0.2) is 24.4 Å². The molecule has 3 aromatic heterocycles. The standard InChI is InChI=1S/C25H30ClN5O3/c1-33-14-16-7-10-30(11-8-16)20-13-19(21(32)15-34-2)28-25-23(20)24(17-4-3-5-17)29-31(25)18-6-9-27-22(26)12-18/h6,9,12-13,16-17H,3-5,7-8,10-11,14-15H2,1-2H3. The van der Waals surface area contributed by atoms with Crippen LogP contribution in [0.5, 0.6) is 0 Å². The first kappa shape index (κ1) is 23.2. The van der Waals surface area contributed by atoms with Crippen molar-refractivity contribution in [2.24, 2.45) is 5.92 Å². The van der Waals surface area contributed by atoms with E-state index in [4.69, 9.17) is 31.2 Å². The predicted octanol–water partition coefficient (Wildman–Crippen LogP) is 4.43. The molecule has 0 unspecified atom stereocenters. The number of anilines is 1. The molecule has 5 rings (SSSR count). The lowest BCUT2D eigenvalue weighted by Crippen LogP contribution is -2.35. The minimum atomic E-state index is -0.148. The molecule has 1 aliphatic heterocycles. The summed E-state index contributed by atoms with van der Waals surface area (Å²) in [5.74, 6) is 0.805. The van der Waals surface area contributed by atoms with Crippen molar-refractivity contribution in [2.75, 3.05) is 45.4 Å². The number of carbonyl (C=O) groups excluding carboxylic acids is 1. The molecular formula is C25H30ClN5O3. The summed E-state index contributed by atoms with van der Waals surface area (Å²) < 4.78 is 12.3. The zero-order valence-corrected chi connectivity index (χ0v) is 20.4. The summed E-state index contributed by atoms with van der Waals surface area (Å²) in [7, 11) is 3.28. The van der Waals surface area contributed by atoms with Gasteiger partial charge in [-0.05, 0) is 43.7 Å². The van der Waals surface area contributed by atoms with Crippen molar-refractivity contribution >= 4 is 34.1 Å². The third-order valence-electron chi connectivity index (χ3n) is 7.01. The Morgan fingerprint density at radius 2 is 1.94 bits per heavy atom. The number of hydrogen-bond donors (Lipinski definition) is 0. The van der Waals surface area contributed by atoms with Crippen LogP contribution in [-0.4, -0.2) is 66.1 Å². The van der Waals surface area contributed by atoms with E-state index in [0.29, 0.717) is 28.3 Å². The summed E-state index contributed by atoms with van der Waals surface area (Å²) in [6.07, 6.45) is 7.19. The van der Waals surface area contributed by atoms with Crippen LogP contribution in [0.25, 0.3) is 16.7 Å². The van der Waals surface area contributed by atoms with Gasteiger partial charge in [-0.25, -0.2) is 14.6 Å². The highest BCUT2D eigenvalue weighted by Gasteiger charge is 2.31. The van der Waals surface area contributed by atoms with Crippen molar-refractivity contribution in [3.8, 4) is 5.69 Å². The fourth-order valence-corrected chi connectivity index (χ4v) is 5.14. The van der Waals surface area contributed by atoms with Gasteiger partial charge in [-0.3, -0.25) is 4.79 Å². The molecule has 8 nitrogen and oxygen atoms in total. The Balaban J connectivity index is 1.68. The number of piperidine rings is 1. The second-order valence-electron chi connectivity index (χ2n) is 9.23. The van der Waals surface area contributed by atoms with E-state index in [1.807, 2.05) is 16.8 Å². The van der Waals surface area contributed by atoms with E-state index < -0.39 is 0 Å². The molecule has 1 saturated carbocycles. The van der Waals surface area contributed by atoms with Gasteiger partial charge in [0.15, 0.2) is 5.65 Å². The topological polar surface area (TPSA) is 82.4 Å². The number of rotatable bonds is 8. The summed E-state index contributed by atoms with van der Waals surface area (Å²) in [5.41, 5.74) is 3.95. The first-order valence-corrected chi connectivity index (χ1v) is 12.3. The number of methoxy groups -OCH3 is 2. The van der Waals surface area contributed by atoms with Crippen molar-refractivity contribution < 1.29 is 14.3 Å². The molecular weight excluding hydrogens is 454 g/mol. The van der Waals surface area contributed by atoms with Gasteiger partial charge >= 0.3 is 0 Å². The first-order chi connectivity index (χ1) is 16.6. The van der Waals surface area contributed by atoms with Crippen LogP contribution >= 0.6 is 11.6 Å². The number of pyridine rings is 2. The third-order valence-corrected chi connectivity index (χ3v) is 7.22. The van der Waals surface area contributed by atoms with Gasteiger partial charge in [0.25, 0.3) is 0 Å². The third kappa shape index (κ3) is 4.42. The van der Waals surface area contributed by atoms with Crippen molar-refractivity contribution in [2.45, 2.75) is 38.0 Å².